The number of rotatable bonds is 3. The summed E-state index contributed by atoms with van der Waals surface area (Å²) in [6.45, 7) is 5.48. The number of carboxylic acid groups (broad SMARTS) is 1. The highest BCUT2D eigenvalue weighted by Gasteiger charge is 2.30. The quantitative estimate of drug-likeness (QED) is 0.608. The lowest BCUT2D eigenvalue weighted by Crippen LogP contribution is -2.03. The zero-order valence-electron chi connectivity index (χ0n) is 17.6. The van der Waals surface area contributed by atoms with Crippen LogP contribution in [0, 0.1) is 36.5 Å². The number of anilines is 1. The van der Waals surface area contributed by atoms with E-state index in [1.54, 1.807) is 43.3 Å². The molecular formula is C25H18N4O3. The fourth-order valence-corrected chi connectivity index (χ4v) is 3.93. The molecule has 0 amide bonds. The van der Waals surface area contributed by atoms with E-state index in [2.05, 4.69) is 17.1 Å². The fourth-order valence-electron chi connectivity index (χ4n) is 3.93. The molecule has 156 valence electrons. The number of aromatic nitrogens is 1. The van der Waals surface area contributed by atoms with Gasteiger partial charge in [0.1, 0.15) is 29.5 Å². The van der Waals surface area contributed by atoms with Crippen molar-refractivity contribution in [3.8, 4) is 23.5 Å². The Hall–Kier alpha value is -4.62. The normalized spacial score (nSPS) is 13.7. The summed E-state index contributed by atoms with van der Waals surface area (Å²) in [5.74, 6) is 0.139. The number of nitriles is 2. The highest BCUT2D eigenvalue weighted by Crippen LogP contribution is 2.44. The second-order valence-electron chi connectivity index (χ2n) is 7.54. The minimum atomic E-state index is -1.01. The minimum Gasteiger partial charge on any atom is -0.478 e. The number of fused-ring (bicyclic) bond motifs is 1. The zero-order chi connectivity index (χ0) is 23.2. The van der Waals surface area contributed by atoms with Crippen LogP contribution in [0.2, 0.25) is 0 Å². The molecular weight excluding hydrogens is 404 g/mol. The van der Waals surface area contributed by atoms with Gasteiger partial charge in [-0.1, -0.05) is 6.07 Å². The third kappa shape index (κ3) is 3.13. The Kier molecular flexibility index (Phi) is 4.88. The van der Waals surface area contributed by atoms with Gasteiger partial charge < -0.3 is 15.3 Å². The molecule has 2 heterocycles. The highest BCUT2D eigenvalue weighted by atomic mass is 16.4. The highest BCUT2D eigenvalue weighted by molar-refractivity contribution is 6.08. The van der Waals surface area contributed by atoms with Crippen LogP contribution in [0.3, 0.4) is 0 Å². The summed E-state index contributed by atoms with van der Waals surface area (Å²) < 4.78 is 6.01. The van der Waals surface area contributed by atoms with Crippen LogP contribution < -0.4 is 5.73 Å². The molecule has 0 spiro atoms. The summed E-state index contributed by atoms with van der Waals surface area (Å²) in [5.41, 5.74) is 11.6. The maximum absolute atomic E-state index is 11.3. The predicted octanol–water partition coefficient (Wildman–Crippen LogP) is 4.96. The molecule has 7 heteroatoms. The largest absolute Gasteiger partial charge is 0.478 e. The van der Waals surface area contributed by atoms with Crippen LogP contribution >= 0.6 is 0 Å². The molecule has 2 aromatic heterocycles. The number of hydrogen-bond donors (Lipinski definition) is 2. The molecule has 0 unspecified atom stereocenters. The third-order valence-corrected chi connectivity index (χ3v) is 5.65. The molecule has 32 heavy (non-hydrogen) atoms. The zero-order valence-corrected chi connectivity index (χ0v) is 17.6. The number of allylic oxidation sites excluding steroid dienone is 3. The van der Waals surface area contributed by atoms with Gasteiger partial charge in [0, 0.05) is 11.1 Å². The fraction of sp³-hybridized carbons (Fsp3) is 0.120. The number of hydrogen-bond acceptors (Lipinski definition) is 6. The van der Waals surface area contributed by atoms with E-state index in [0.29, 0.717) is 39.5 Å². The van der Waals surface area contributed by atoms with Crippen molar-refractivity contribution in [3.63, 3.8) is 0 Å². The van der Waals surface area contributed by atoms with Crippen LogP contribution in [-0.4, -0.2) is 16.1 Å². The van der Waals surface area contributed by atoms with E-state index >= 15 is 0 Å². The molecule has 0 aliphatic heterocycles. The van der Waals surface area contributed by atoms with Crippen LogP contribution in [0.25, 0.3) is 28.5 Å². The van der Waals surface area contributed by atoms with Crippen molar-refractivity contribution in [2.75, 3.05) is 5.73 Å². The van der Waals surface area contributed by atoms with Gasteiger partial charge in [0.15, 0.2) is 0 Å². The van der Waals surface area contributed by atoms with Crippen molar-refractivity contribution >= 4 is 29.0 Å². The number of benzene rings is 1. The van der Waals surface area contributed by atoms with Gasteiger partial charge in [-0.25, -0.2) is 9.78 Å². The van der Waals surface area contributed by atoms with E-state index in [1.165, 1.54) is 0 Å². The molecule has 3 aromatic rings. The van der Waals surface area contributed by atoms with Crippen molar-refractivity contribution < 1.29 is 14.3 Å². The molecule has 0 saturated heterocycles. The number of pyridine rings is 1. The lowest BCUT2D eigenvalue weighted by Gasteiger charge is -2.10. The lowest BCUT2D eigenvalue weighted by atomic mass is 9.96. The Morgan fingerprint density at radius 3 is 2.56 bits per heavy atom. The smallest absolute Gasteiger partial charge is 0.335 e. The van der Waals surface area contributed by atoms with Gasteiger partial charge in [-0.3, -0.25) is 0 Å². The van der Waals surface area contributed by atoms with Gasteiger partial charge in [-0.05, 0) is 73.4 Å². The van der Waals surface area contributed by atoms with Gasteiger partial charge >= 0.3 is 5.97 Å². The van der Waals surface area contributed by atoms with Gasteiger partial charge in [0.2, 0.25) is 0 Å². The topological polar surface area (TPSA) is 137 Å². The van der Waals surface area contributed by atoms with Gasteiger partial charge in [-0.2, -0.15) is 10.5 Å². The molecule has 1 aliphatic carbocycles. The average Bonchev–Trinajstić information content (AvgIpc) is 3.31. The maximum atomic E-state index is 11.3. The Bertz CT molecular complexity index is 1460. The monoisotopic (exact) mass is 422 g/mol. The Morgan fingerprint density at radius 1 is 1.16 bits per heavy atom. The van der Waals surface area contributed by atoms with E-state index in [0.717, 1.165) is 16.7 Å². The summed E-state index contributed by atoms with van der Waals surface area (Å²) in [5, 5.41) is 28.5. The second kappa shape index (κ2) is 7.57. The van der Waals surface area contributed by atoms with Crippen LogP contribution in [0.4, 0.5) is 5.82 Å². The number of nitrogens with two attached hydrogens (primary N) is 1. The van der Waals surface area contributed by atoms with E-state index < -0.39 is 5.97 Å². The van der Waals surface area contributed by atoms with Crippen LogP contribution in [0.15, 0.2) is 40.3 Å². The Labute approximate surface area is 184 Å². The van der Waals surface area contributed by atoms with E-state index in [1.807, 2.05) is 13.8 Å². The number of nitrogens with zero attached hydrogens (tertiary/aromatic N) is 3. The van der Waals surface area contributed by atoms with Crippen LogP contribution in [-0.2, 0) is 0 Å². The van der Waals surface area contributed by atoms with Crippen molar-refractivity contribution in [1.29, 1.82) is 10.5 Å². The first kappa shape index (κ1) is 20.6. The van der Waals surface area contributed by atoms with E-state index in [9.17, 15) is 20.4 Å². The van der Waals surface area contributed by atoms with Crippen molar-refractivity contribution in [2.45, 2.75) is 20.8 Å². The maximum Gasteiger partial charge on any atom is 0.335 e. The first-order valence-corrected chi connectivity index (χ1v) is 9.75. The Morgan fingerprint density at radius 2 is 1.91 bits per heavy atom. The number of carboxylic acids is 1. The third-order valence-electron chi connectivity index (χ3n) is 5.65. The first-order chi connectivity index (χ1) is 15.3. The van der Waals surface area contributed by atoms with Gasteiger partial charge in [0.25, 0.3) is 0 Å². The molecule has 0 saturated carbocycles. The van der Waals surface area contributed by atoms with Crippen LogP contribution in [0.5, 0.6) is 0 Å². The van der Waals surface area contributed by atoms with Crippen molar-refractivity contribution in [3.05, 3.63) is 75.2 Å². The molecule has 0 bridgehead atoms. The molecule has 1 aromatic carbocycles. The number of nitrogen functional groups attached to an aromatic ring is 1. The Balaban J connectivity index is 1.86. The minimum absolute atomic E-state index is 0.0969. The predicted molar refractivity (Wildman–Crippen MR) is 120 cm³/mol. The number of aryl methyl sites for hydroxylation is 1. The molecule has 7 nitrogen and oxygen atoms in total. The molecule has 1 aliphatic rings. The number of carbonyl (C=O) groups is 1. The lowest BCUT2D eigenvalue weighted by molar-refractivity contribution is 0.0697. The van der Waals surface area contributed by atoms with E-state index in [4.69, 9.17) is 10.2 Å². The van der Waals surface area contributed by atoms with Crippen LogP contribution in [0.1, 0.15) is 51.0 Å². The van der Waals surface area contributed by atoms with Crippen molar-refractivity contribution in [2.24, 2.45) is 0 Å². The summed E-state index contributed by atoms with van der Waals surface area (Å²) in [7, 11) is 0. The molecule has 4 rings (SSSR count). The summed E-state index contributed by atoms with van der Waals surface area (Å²) in [4.78, 5) is 15.7. The summed E-state index contributed by atoms with van der Waals surface area (Å²) in [6.07, 6.45) is 1.80. The van der Waals surface area contributed by atoms with Gasteiger partial charge in [0.05, 0.1) is 22.4 Å². The van der Waals surface area contributed by atoms with Crippen molar-refractivity contribution in [1.82, 2.24) is 4.98 Å². The number of aromatic carboxylic acids is 1. The first-order valence-electron chi connectivity index (χ1n) is 9.75. The molecule has 0 fully saturated rings. The summed E-state index contributed by atoms with van der Waals surface area (Å²) in [6, 6.07) is 12.7. The van der Waals surface area contributed by atoms with Gasteiger partial charge in [-0.15, -0.1) is 0 Å². The molecule has 3 N–H and O–H groups in total. The SMILES string of the molecule is CC1=C(C#N)c2nc(N)c(C#N)c(C)c2/C1=C\c1ccc(-c2cc(C(=O)O)ccc2C)o1. The average molecular weight is 422 g/mol. The summed E-state index contributed by atoms with van der Waals surface area (Å²) >= 11 is 0. The molecule has 0 radical (unpaired) electrons. The second-order valence-corrected chi connectivity index (χ2v) is 7.54. The number of furan rings is 1. The molecule has 0 atom stereocenters. The standard InChI is InChI=1S/C25H18N4O3/c1-12-4-5-15(25(30)31)8-17(12)21-7-6-16(32-21)9-18-13(2)19(10-26)23-22(18)14(3)20(11-27)24(28)29-23/h4-9H,1-3H3,(H2,28,29)(H,30,31)/b18-9-. The van der Waals surface area contributed by atoms with E-state index in [-0.39, 0.29) is 16.9 Å².